The summed E-state index contributed by atoms with van der Waals surface area (Å²) in [5.41, 5.74) is -0.282. The van der Waals surface area contributed by atoms with E-state index in [0.717, 1.165) is 22.9 Å². The Kier molecular flexibility index (Phi) is 4.64. The summed E-state index contributed by atoms with van der Waals surface area (Å²) in [5.74, 6) is -1.10. The van der Waals surface area contributed by atoms with Crippen LogP contribution >= 0.6 is 0 Å². The van der Waals surface area contributed by atoms with Crippen molar-refractivity contribution in [2.24, 2.45) is 7.05 Å². The van der Waals surface area contributed by atoms with Crippen LogP contribution in [0.25, 0.3) is 0 Å². The number of anilines is 1. The maximum Gasteiger partial charge on any atom is 0.323 e. The van der Waals surface area contributed by atoms with Crippen LogP contribution in [0.4, 0.5) is 19.4 Å². The molecule has 1 aliphatic rings. The Labute approximate surface area is 141 Å². The highest BCUT2D eigenvalue weighted by Gasteiger charge is 2.28. The first-order valence-corrected chi connectivity index (χ1v) is 7.64. The summed E-state index contributed by atoms with van der Waals surface area (Å²) < 4.78 is 33.0. The molecule has 3 rings (SSSR count). The molecular weight excluding hydrogens is 334 g/mol. The first kappa shape index (κ1) is 16.9. The highest BCUT2D eigenvalue weighted by Crippen LogP contribution is 2.21. The van der Waals surface area contributed by atoms with Gasteiger partial charge in [0.2, 0.25) is 0 Å². The summed E-state index contributed by atoms with van der Waals surface area (Å²) in [4.78, 5) is 25.0. The monoisotopic (exact) mass is 350 g/mol. The third-order valence-electron chi connectivity index (χ3n) is 3.77. The molecule has 0 bridgehead atoms. The number of ether oxygens (including phenoxy) is 1. The largest absolute Gasteiger partial charge is 0.488 e. The third-order valence-corrected chi connectivity index (χ3v) is 3.77. The number of rotatable bonds is 3. The molecule has 7 nitrogen and oxygen atoms in total. The van der Waals surface area contributed by atoms with Gasteiger partial charge in [0.25, 0.3) is 5.56 Å². The molecule has 2 heterocycles. The lowest BCUT2D eigenvalue weighted by atomic mass is 10.3. The van der Waals surface area contributed by atoms with Gasteiger partial charge in [0.05, 0.1) is 6.54 Å². The van der Waals surface area contributed by atoms with Crippen LogP contribution in [-0.4, -0.2) is 39.9 Å². The predicted molar refractivity (Wildman–Crippen MR) is 85.5 cm³/mol. The molecule has 0 saturated carbocycles. The van der Waals surface area contributed by atoms with Crippen molar-refractivity contribution in [2.75, 3.05) is 18.4 Å². The van der Waals surface area contributed by atoms with E-state index in [2.05, 4.69) is 10.4 Å². The number of urea groups is 1. The van der Waals surface area contributed by atoms with Gasteiger partial charge in [0.15, 0.2) is 5.82 Å². The fourth-order valence-electron chi connectivity index (χ4n) is 2.56. The zero-order chi connectivity index (χ0) is 18.0. The quantitative estimate of drug-likeness (QED) is 0.915. The zero-order valence-electron chi connectivity index (χ0n) is 13.4. The van der Waals surface area contributed by atoms with Gasteiger partial charge in [0.1, 0.15) is 23.5 Å². The average molecular weight is 350 g/mol. The maximum absolute atomic E-state index is 13.2. The summed E-state index contributed by atoms with van der Waals surface area (Å²) in [5, 5.41) is 6.52. The third kappa shape index (κ3) is 4.11. The molecule has 132 valence electrons. The molecule has 25 heavy (non-hydrogen) atoms. The topological polar surface area (TPSA) is 76.5 Å². The standard InChI is InChI=1S/C16H16F2N4O3/c1-21-15(23)3-2-14(20-21)19-16(24)22-5-4-12(9-22)25-13-7-10(17)6-11(18)8-13/h2-3,6-8,12H,4-5,9H2,1H3,(H,19,20,24)/t12-/m1/s1. The van der Waals surface area contributed by atoms with Gasteiger partial charge in [-0.3, -0.25) is 10.1 Å². The zero-order valence-corrected chi connectivity index (χ0v) is 13.4. The number of hydrogen-bond acceptors (Lipinski definition) is 4. The van der Waals surface area contributed by atoms with Gasteiger partial charge in [-0.1, -0.05) is 0 Å². The number of aromatic nitrogens is 2. The molecule has 2 amide bonds. The second-order valence-electron chi connectivity index (χ2n) is 5.69. The lowest BCUT2D eigenvalue weighted by molar-refractivity contribution is 0.194. The van der Waals surface area contributed by atoms with Gasteiger partial charge in [-0.15, -0.1) is 0 Å². The van der Waals surface area contributed by atoms with Crippen molar-refractivity contribution in [3.05, 3.63) is 52.3 Å². The van der Waals surface area contributed by atoms with Crippen molar-refractivity contribution < 1.29 is 18.3 Å². The van der Waals surface area contributed by atoms with E-state index < -0.39 is 11.6 Å². The van der Waals surface area contributed by atoms with Crippen molar-refractivity contribution in [3.63, 3.8) is 0 Å². The molecule has 1 aliphatic heterocycles. The highest BCUT2D eigenvalue weighted by molar-refractivity contribution is 5.88. The molecule has 0 unspecified atom stereocenters. The van der Waals surface area contributed by atoms with E-state index in [-0.39, 0.29) is 35.8 Å². The number of amides is 2. The molecule has 0 spiro atoms. The number of nitrogens with zero attached hydrogens (tertiary/aromatic N) is 3. The minimum atomic E-state index is -0.719. The molecule has 1 atom stereocenters. The Morgan fingerprint density at radius 1 is 1.28 bits per heavy atom. The molecule has 1 fully saturated rings. The number of benzene rings is 1. The number of hydrogen-bond donors (Lipinski definition) is 1. The van der Waals surface area contributed by atoms with E-state index in [1.165, 1.54) is 24.1 Å². The lowest BCUT2D eigenvalue weighted by Gasteiger charge is -2.17. The molecule has 1 saturated heterocycles. The first-order chi connectivity index (χ1) is 11.9. The second-order valence-corrected chi connectivity index (χ2v) is 5.69. The number of nitrogens with one attached hydrogen (secondary N) is 1. The molecule has 1 aromatic carbocycles. The van der Waals surface area contributed by atoms with Crippen LogP contribution in [0.3, 0.4) is 0 Å². The Bertz CT molecular complexity index is 835. The summed E-state index contributed by atoms with van der Waals surface area (Å²) in [7, 11) is 1.48. The minimum Gasteiger partial charge on any atom is -0.488 e. The van der Waals surface area contributed by atoms with E-state index in [9.17, 15) is 18.4 Å². The van der Waals surface area contributed by atoms with Crippen LogP contribution in [0.2, 0.25) is 0 Å². The number of halogens is 2. The molecular formula is C16H16F2N4O3. The Morgan fingerprint density at radius 2 is 2.00 bits per heavy atom. The van der Waals surface area contributed by atoms with Crippen LogP contribution in [-0.2, 0) is 7.05 Å². The number of aryl methyl sites for hydroxylation is 1. The maximum atomic E-state index is 13.2. The fraction of sp³-hybridized carbons (Fsp3) is 0.312. The molecule has 0 radical (unpaired) electrons. The van der Waals surface area contributed by atoms with Crippen molar-refractivity contribution in [3.8, 4) is 5.75 Å². The summed E-state index contributed by atoms with van der Waals surface area (Å²) in [6.45, 7) is 0.704. The van der Waals surface area contributed by atoms with Gasteiger partial charge >= 0.3 is 6.03 Å². The fourth-order valence-corrected chi connectivity index (χ4v) is 2.56. The van der Waals surface area contributed by atoms with Crippen molar-refractivity contribution in [1.29, 1.82) is 0 Å². The summed E-state index contributed by atoms with van der Waals surface area (Å²) >= 11 is 0. The lowest BCUT2D eigenvalue weighted by Crippen LogP contribution is -2.35. The molecule has 2 aromatic rings. The van der Waals surface area contributed by atoms with E-state index in [0.29, 0.717) is 13.0 Å². The van der Waals surface area contributed by atoms with E-state index in [1.807, 2.05) is 0 Å². The number of carbonyl (C=O) groups is 1. The average Bonchev–Trinajstić information content (AvgIpc) is 2.98. The number of likely N-dealkylation sites (tertiary alicyclic amines) is 1. The van der Waals surface area contributed by atoms with Crippen molar-refractivity contribution >= 4 is 11.8 Å². The minimum absolute atomic E-state index is 0.0875. The molecule has 9 heteroatoms. The Balaban J connectivity index is 1.59. The van der Waals surface area contributed by atoms with Crippen LogP contribution in [0, 0.1) is 11.6 Å². The van der Waals surface area contributed by atoms with Crippen molar-refractivity contribution in [1.82, 2.24) is 14.7 Å². The number of carbonyl (C=O) groups excluding carboxylic acids is 1. The van der Waals surface area contributed by atoms with E-state index >= 15 is 0 Å². The van der Waals surface area contributed by atoms with E-state index in [1.54, 1.807) is 0 Å². The summed E-state index contributed by atoms with van der Waals surface area (Å²) in [6.07, 6.45) is 0.173. The summed E-state index contributed by atoms with van der Waals surface area (Å²) in [6, 6.07) is 5.29. The molecule has 1 aromatic heterocycles. The van der Waals surface area contributed by atoms with E-state index in [4.69, 9.17) is 4.74 Å². The Morgan fingerprint density at radius 3 is 2.68 bits per heavy atom. The van der Waals surface area contributed by atoms with Gasteiger partial charge < -0.3 is 9.64 Å². The van der Waals surface area contributed by atoms with Crippen LogP contribution in [0.5, 0.6) is 5.75 Å². The predicted octanol–water partition coefficient (Wildman–Crippen LogP) is 1.74. The van der Waals surface area contributed by atoms with Gasteiger partial charge in [-0.25, -0.2) is 18.3 Å². The SMILES string of the molecule is Cn1nc(NC(=O)N2CC[C@@H](Oc3cc(F)cc(F)c3)C2)ccc1=O. The molecule has 0 aliphatic carbocycles. The van der Waals surface area contributed by atoms with Gasteiger partial charge in [-0.2, -0.15) is 5.10 Å². The van der Waals surface area contributed by atoms with Crippen molar-refractivity contribution in [2.45, 2.75) is 12.5 Å². The first-order valence-electron chi connectivity index (χ1n) is 7.64. The Hall–Kier alpha value is -2.97. The van der Waals surface area contributed by atoms with Crippen LogP contribution < -0.4 is 15.6 Å². The molecule has 1 N–H and O–H groups in total. The smallest absolute Gasteiger partial charge is 0.323 e. The van der Waals surface area contributed by atoms with Gasteiger partial charge in [-0.05, 0) is 6.07 Å². The normalized spacial score (nSPS) is 16.8. The van der Waals surface area contributed by atoms with Crippen LogP contribution in [0.15, 0.2) is 35.1 Å². The van der Waals surface area contributed by atoms with Gasteiger partial charge in [0, 0.05) is 44.3 Å². The highest BCUT2D eigenvalue weighted by atomic mass is 19.1. The van der Waals surface area contributed by atoms with Crippen LogP contribution in [0.1, 0.15) is 6.42 Å². The second kappa shape index (κ2) is 6.88.